The van der Waals surface area contributed by atoms with Crippen molar-refractivity contribution in [3.05, 3.63) is 59.2 Å². The highest BCUT2D eigenvalue weighted by atomic mass is 19.1. The van der Waals surface area contributed by atoms with Crippen LogP contribution in [0.3, 0.4) is 0 Å². The van der Waals surface area contributed by atoms with E-state index in [-0.39, 0.29) is 17.5 Å². The van der Waals surface area contributed by atoms with Crippen molar-refractivity contribution in [3.63, 3.8) is 0 Å². The molecule has 0 unspecified atom stereocenters. The zero-order chi connectivity index (χ0) is 13.8. The third-order valence-corrected chi connectivity index (χ3v) is 2.80. The summed E-state index contributed by atoms with van der Waals surface area (Å²) >= 11 is 0. The molecule has 0 aliphatic carbocycles. The number of aromatic nitrogens is 1. The fourth-order valence-corrected chi connectivity index (χ4v) is 1.78. The maximum atomic E-state index is 12.8. The SMILES string of the molecule is CC(C)c1ncc(/C=C/c2ccc(F)cc2)cc1O. The van der Waals surface area contributed by atoms with Gasteiger partial charge in [-0.25, -0.2) is 4.39 Å². The lowest BCUT2D eigenvalue weighted by molar-refractivity contribution is 0.460. The van der Waals surface area contributed by atoms with Crippen LogP contribution in [0.4, 0.5) is 4.39 Å². The van der Waals surface area contributed by atoms with E-state index >= 15 is 0 Å². The molecular weight excluding hydrogens is 241 g/mol. The van der Waals surface area contributed by atoms with Crippen LogP contribution in [0, 0.1) is 5.82 Å². The Labute approximate surface area is 112 Å². The summed E-state index contributed by atoms with van der Waals surface area (Å²) in [6.45, 7) is 3.96. The van der Waals surface area contributed by atoms with Crippen LogP contribution < -0.4 is 0 Å². The van der Waals surface area contributed by atoms with Gasteiger partial charge in [0, 0.05) is 6.20 Å². The predicted molar refractivity (Wildman–Crippen MR) is 75.3 cm³/mol. The molecule has 0 bridgehead atoms. The summed E-state index contributed by atoms with van der Waals surface area (Å²) in [6.07, 6.45) is 5.41. The van der Waals surface area contributed by atoms with Crippen LogP contribution in [0.15, 0.2) is 36.5 Å². The molecule has 0 radical (unpaired) electrons. The number of hydrogen-bond acceptors (Lipinski definition) is 2. The smallest absolute Gasteiger partial charge is 0.137 e. The van der Waals surface area contributed by atoms with Crippen LogP contribution in [-0.2, 0) is 0 Å². The van der Waals surface area contributed by atoms with Gasteiger partial charge < -0.3 is 5.11 Å². The Balaban J connectivity index is 2.19. The van der Waals surface area contributed by atoms with Crippen molar-refractivity contribution in [1.82, 2.24) is 4.98 Å². The van der Waals surface area contributed by atoms with Gasteiger partial charge in [0.25, 0.3) is 0 Å². The molecule has 0 saturated carbocycles. The molecule has 0 aliphatic rings. The van der Waals surface area contributed by atoms with Crippen LogP contribution >= 0.6 is 0 Å². The number of pyridine rings is 1. The van der Waals surface area contributed by atoms with Gasteiger partial charge in [0.15, 0.2) is 0 Å². The molecule has 98 valence electrons. The van der Waals surface area contributed by atoms with Crippen molar-refractivity contribution in [2.24, 2.45) is 0 Å². The number of nitrogens with zero attached hydrogens (tertiary/aromatic N) is 1. The maximum Gasteiger partial charge on any atom is 0.137 e. The van der Waals surface area contributed by atoms with E-state index in [4.69, 9.17) is 0 Å². The van der Waals surface area contributed by atoms with E-state index in [1.807, 2.05) is 26.0 Å². The van der Waals surface area contributed by atoms with E-state index in [9.17, 15) is 9.50 Å². The zero-order valence-electron chi connectivity index (χ0n) is 11.0. The largest absolute Gasteiger partial charge is 0.506 e. The van der Waals surface area contributed by atoms with Crippen LogP contribution in [0.2, 0.25) is 0 Å². The minimum atomic E-state index is -0.252. The van der Waals surface area contributed by atoms with Crippen molar-refractivity contribution < 1.29 is 9.50 Å². The molecule has 1 heterocycles. The molecule has 1 aromatic heterocycles. The number of aromatic hydroxyl groups is 1. The summed E-state index contributed by atoms with van der Waals surface area (Å²) in [5.41, 5.74) is 2.40. The quantitative estimate of drug-likeness (QED) is 0.893. The molecule has 3 heteroatoms. The molecule has 0 amide bonds. The van der Waals surface area contributed by atoms with Gasteiger partial charge in [0.2, 0.25) is 0 Å². The molecule has 2 aromatic rings. The van der Waals surface area contributed by atoms with Crippen LogP contribution in [0.5, 0.6) is 5.75 Å². The summed E-state index contributed by atoms with van der Waals surface area (Å²) in [6, 6.07) is 7.90. The number of rotatable bonds is 3. The normalized spacial score (nSPS) is 11.4. The van der Waals surface area contributed by atoms with Crippen LogP contribution in [0.1, 0.15) is 36.6 Å². The van der Waals surface area contributed by atoms with Gasteiger partial charge in [-0.1, -0.05) is 38.1 Å². The molecule has 0 atom stereocenters. The van der Waals surface area contributed by atoms with E-state index in [0.29, 0.717) is 5.69 Å². The van der Waals surface area contributed by atoms with Gasteiger partial charge >= 0.3 is 0 Å². The fraction of sp³-hybridized carbons (Fsp3) is 0.188. The third kappa shape index (κ3) is 3.41. The highest BCUT2D eigenvalue weighted by molar-refractivity contribution is 5.69. The van der Waals surface area contributed by atoms with E-state index in [1.54, 1.807) is 24.4 Å². The first-order valence-corrected chi connectivity index (χ1v) is 6.19. The van der Waals surface area contributed by atoms with Gasteiger partial charge in [-0.3, -0.25) is 4.98 Å². The highest BCUT2D eigenvalue weighted by Gasteiger charge is 2.06. The second kappa shape index (κ2) is 5.65. The lowest BCUT2D eigenvalue weighted by Gasteiger charge is -2.07. The van der Waals surface area contributed by atoms with Crippen molar-refractivity contribution >= 4 is 12.2 Å². The van der Waals surface area contributed by atoms with Crippen molar-refractivity contribution in [2.75, 3.05) is 0 Å². The van der Waals surface area contributed by atoms with Crippen molar-refractivity contribution in [1.29, 1.82) is 0 Å². The van der Waals surface area contributed by atoms with E-state index < -0.39 is 0 Å². The lowest BCUT2D eigenvalue weighted by Crippen LogP contribution is -1.93. The number of halogens is 1. The molecule has 0 saturated heterocycles. The Kier molecular flexibility index (Phi) is 3.95. The topological polar surface area (TPSA) is 33.1 Å². The molecule has 0 spiro atoms. The van der Waals surface area contributed by atoms with Crippen molar-refractivity contribution in [2.45, 2.75) is 19.8 Å². The monoisotopic (exact) mass is 257 g/mol. The van der Waals surface area contributed by atoms with E-state index in [2.05, 4.69) is 4.98 Å². The Morgan fingerprint density at radius 2 is 1.74 bits per heavy atom. The summed E-state index contributed by atoms with van der Waals surface area (Å²) in [5, 5.41) is 9.85. The summed E-state index contributed by atoms with van der Waals surface area (Å²) in [4.78, 5) is 4.24. The first-order chi connectivity index (χ1) is 9.06. The molecule has 19 heavy (non-hydrogen) atoms. The molecule has 0 aliphatic heterocycles. The second-order valence-electron chi connectivity index (χ2n) is 4.71. The average molecular weight is 257 g/mol. The Morgan fingerprint density at radius 3 is 2.32 bits per heavy atom. The number of hydrogen-bond donors (Lipinski definition) is 1. The van der Waals surface area contributed by atoms with E-state index in [1.165, 1.54) is 12.1 Å². The Morgan fingerprint density at radius 1 is 1.11 bits per heavy atom. The minimum absolute atomic E-state index is 0.190. The van der Waals surface area contributed by atoms with Crippen LogP contribution in [0.25, 0.3) is 12.2 Å². The summed E-state index contributed by atoms with van der Waals surface area (Å²) < 4.78 is 12.8. The van der Waals surface area contributed by atoms with Gasteiger partial charge in [-0.2, -0.15) is 0 Å². The predicted octanol–water partition coefficient (Wildman–Crippen LogP) is 4.22. The number of benzene rings is 1. The summed E-state index contributed by atoms with van der Waals surface area (Å²) in [7, 11) is 0. The Hall–Kier alpha value is -2.16. The van der Waals surface area contributed by atoms with Gasteiger partial charge in [-0.05, 0) is 35.2 Å². The fourth-order valence-electron chi connectivity index (χ4n) is 1.78. The van der Waals surface area contributed by atoms with Gasteiger partial charge in [-0.15, -0.1) is 0 Å². The first kappa shape index (κ1) is 13.3. The molecule has 1 N–H and O–H groups in total. The third-order valence-electron chi connectivity index (χ3n) is 2.80. The van der Waals surface area contributed by atoms with Gasteiger partial charge in [0.05, 0.1) is 5.69 Å². The second-order valence-corrected chi connectivity index (χ2v) is 4.71. The summed E-state index contributed by atoms with van der Waals surface area (Å²) in [5.74, 6) is 0.143. The average Bonchev–Trinajstić information content (AvgIpc) is 2.37. The van der Waals surface area contributed by atoms with Crippen LogP contribution in [-0.4, -0.2) is 10.1 Å². The maximum absolute atomic E-state index is 12.8. The highest BCUT2D eigenvalue weighted by Crippen LogP contribution is 2.24. The molecule has 2 rings (SSSR count). The van der Waals surface area contributed by atoms with Gasteiger partial charge in [0.1, 0.15) is 11.6 Å². The Bertz CT molecular complexity index is 588. The molecule has 2 nitrogen and oxygen atoms in total. The molecular formula is C16H16FNO. The molecule has 1 aromatic carbocycles. The molecule has 0 fully saturated rings. The lowest BCUT2D eigenvalue weighted by atomic mass is 10.1. The standard InChI is InChI=1S/C16H16FNO/c1-11(2)16-15(19)9-13(10-18-16)4-3-12-5-7-14(17)8-6-12/h3-11,19H,1-2H3/b4-3+. The minimum Gasteiger partial charge on any atom is -0.506 e. The zero-order valence-corrected chi connectivity index (χ0v) is 11.0. The van der Waals surface area contributed by atoms with E-state index in [0.717, 1.165) is 11.1 Å². The van der Waals surface area contributed by atoms with Crippen molar-refractivity contribution in [3.8, 4) is 5.75 Å². The first-order valence-electron chi connectivity index (χ1n) is 6.19.